The molecule has 0 fully saturated rings. The van der Waals surface area contributed by atoms with Gasteiger partial charge in [0.05, 0.1) is 13.0 Å². The second-order valence-corrected chi connectivity index (χ2v) is 4.67. The van der Waals surface area contributed by atoms with Crippen LogP contribution in [0.5, 0.6) is 0 Å². The molecule has 3 heteroatoms. The van der Waals surface area contributed by atoms with Gasteiger partial charge in [-0.05, 0) is 30.4 Å². The van der Waals surface area contributed by atoms with E-state index in [0.717, 1.165) is 19.3 Å². The fourth-order valence-corrected chi connectivity index (χ4v) is 2.26. The molecule has 1 N–H and O–H groups in total. The van der Waals surface area contributed by atoms with E-state index in [1.807, 2.05) is 6.92 Å². The second-order valence-electron chi connectivity index (χ2n) is 4.67. The summed E-state index contributed by atoms with van der Waals surface area (Å²) in [5.74, 6) is -0.221. The van der Waals surface area contributed by atoms with Gasteiger partial charge in [-0.1, -0.05) is 39.0 Å². The summed E-state index contributed by atoms with van der Waals surface area (Å²) in [5, 5.41) is 3.45. The number of methoxy groups -OCH3 is 1. The Kier molecular flexibility index (Phi) is 6.40. The minimum Gasteiger partial charge on any atom is -0.469 e. The maximum absolute atomic E-state index is 11.6. The molecule has 1 aromatic carbocycles. The van der Waals surface area contributed by atoms with Crippen LogP contribution in [0.2, 0.25) is 0 Å². The minimum absolute atomic E-state index is 0.0837. The number of rotatable bonds is 7. The molecule has 0 bridgehead atoms. The topological polar surface area (TPSA) is 38.3 Å². The van der Waals surface area contributed by atoms with E-state index in [4.69, 9.17) is 4.74 Å². The molecule has 0 radical (unpaired) electrons. The standard InChI is InChI=1S/C16H25NO2/c1-5-12-9-8-10-13(6-2)15(12)17-11-14(7-3)16(18)19-4/h8-10,14,17H,5-7,11H2,1-4H3. The number of ether oxygens (including phenoxy) is 1. The van der Waals surface area contributed by atoms with Gasteiger partial charge in [0.15, 0.2) is 0 Å². The van der Waals surface area contributed by atoms with Gasteiger partial charge < -0.3 is 10.1 Å². The molecule has 0 spiro atoms. The maximum atomic E-state index is 11.6. The van der Waals surface area contributed by atoms with Gasteiger partial charge in [0.25, 0.3) is 0 Å². The first-order valence-electron chi connectivity index (χ1n) is 7.10. The molecule has 0 heterocycles. The zero-order valence-electron chi connectivity index (χ0n) is 12.5. The molecule has 0 saturated heterocycles. The molecule has 0 aliphatic rings. The zero-order chi connectivity index (χ0) is 14.3. The molecule has 106 valence electrons. The maximum Gasteiger partial charge on any atom is 0.310 e. The third-order valence-electron chi connectivity index (χ3n) is 3.55. The average Bonchev–Trinajstić information content (AvgIpc) is 2.47. The lowest BCUT2D eigenvalue weighted by Crippen LogP contribution is -2.24. The van der Waals surface area contributed by atoms with Crippen LogP contribution < -0.4 is 5.32 Å². The molecule has 19 heavy (non-hydrogen) atoms. The van der Waals surface area contributed by atoms with Crippen molar-refractivity contribution in [2.24, 2.45) is 5.92 Å². The molecular formula is C16H25NO2. The van der Waals surface area contributed by atoms with E-state index in [-0.39, 0.29) is 11.9 Å². The van der Waals surface area contributed by atoms with Crippen LogP contribution in [0, 0.1) is 5.92 Å². The van der Waals surface area contributed by atoms with Crippen LogP contribution in [0.1, 0.15) is 38.3 Å². The Morgan fingerprint density at radius 2 is 1.79 bits per heavy atom. The van der Waals surface area contributed by atoms with Crippen molar-refractivity contribution in [1.29, 1.82) is 0 Å². The van der Waals surface area contributed by atoms with Crippen molar-refractivity contribution in [3.05, 3.63) is 29.3 Å². The van der Waals surface area contributed by atoms with E-state index >= 15 is 0 Å². The number of anilines is 1. The molecule has 0 aliphatic carbocycles. The molecule has 1 rings (SSSR count). The number of carbonyl (C=O) groups is 1. The van der Waals surface area contributed by atoms with Crippen LogP contribution in [0.25, 0.3) is 0 Å². The van der Waals surface area contributed by atoms with Crippen molar-refractivity contribution in [2.45, 2.75) is 40.0 Å². The summed E-state index contributed by atoms with van der Waals surface area (Å²) in [6, 6.07) is 6.38. The lowest BCUT2D eigenvalue weighted by atomic mass is 10.0. The van der Waals surface area contributed by atoms with Crippen molar-refractivity contribution >= 4 is 11.7 Å². The van der Waals surface area contributed by atoms with Gasteiger partial charge >= 0.3 is 5.97 Å². The van der Waals surface area contributed by atoms with Crippen LogP contribution in [-0.2, 0) is 22.4 Å². The van der Waals surface area contributed by atoms with Crippen molar-refractivity contribution in [2.75, 3.05) is 19.0 Å². The fraction of sp³-hybridized carbons (Fsp3) is 0.562. The molecule has 0 saturated carbocycles. The first-order chi connectivity index (χ1) is 9.17. The van der Waals surface area contributed by atoms with E-state index in [2.05, 4.69) is 37.4 Å². The Morgan fingerprint density at radius 3 is 2.21 bits per heavy atom. The van der Waals surface area contributed by atoms with E-state index in [0.29, 0.717) is 6.54 Å². The predicted octanol–water partition coefficient (Wildman–Crippen LogP) is 3.42. The van der Waals surface area contributed by atoms with E-state index < -0.39 is 0 Å². The van der Waals surface area contributed by atoms with E-state index in [1.165, 1.54) is 23.9 Å². The van der Waals surface area contributed by atoms with Gasteiger partial charge in [-0.2, -0.15) is 0 Å². The number of para-hydroxylation sites is 1. The highest BCUT2D eigenvalue weighted by atomic mass is 16.5. The number of aryl methyl sites for hydroxylation is 2. The smallest absolute Gasteiger partial charge is 0.310 e. The van der Waals surface area contributed by atoms with Crippen molar-refractivity contribution < 1.29 is 9.53 Å². The second kappa shape index (κ2) is 7.82. The normalized spacial score (nSPS) is 12.0. The summed E-state index contributed by atoms with van der Waals surface area (Å²) in [5.41, 5.74) is 3.80. The largest absolute Gasteiger partial charge is 0.469 e. The lowest BCUT2D eigenvalue weighted by Gasteiger charge is -2.18. The van der Waals surface area contributed by atoms with E-state index in [1.54, 1.807) is 0 Å². The van der Waals surface area contributed by atoms with Crippen LogP contribution in [0.15, 0.2) is 18.2 Å². The monoisotopic (exact) mass is 263 g/mol. The van der Waals surface area contributed by atoms with Crippen LogP contribution in [0.3, 0.4) is 0 Å². The first kappa shape index (κ1) is 15.5. The number of benzene rings is 1. The lowest BCUT2D eigenvalue weighted by molar-refractivity contribution is -0.145. The Morgan fingerprint density at radius 1 is 1.21 bits per heavy atom. The highest BCUT2D eigenvalue weighted by molar-refractivity contribution is 5.73. The summed E-state index contributed by atoms with van der Waals surface area (Å²) in [7, 11) is 1.45. The predicted molar refractivity (Wildman–Crippen MR) is 79.5 cm³/mol. The SMILES string of the molecule is CCc1cccc(CC)c1NCC(CC)C(=O)OC. The van der Waals surface area contributed by atoms with Crippen LogP contribution in [0.4, 0.5) is 5.69 Å². The third kappa shape index (κ3) is 3.98. The van der Waals surface area contributed by atoms with Gasteiger partial charge in [-0.3, -0.25) is 4.79 Å². The van der Waals surface area contributed by atoms with E-state index in [9.17, 15) is 4.79 Å². The van der Waals surface area contributed by atoms with Crippen LogP contribution in [-0.4, -0.2) is 19.6 Å². The van der Waals surface area contributed by atoms with Crippen LogP contribution >= 0.6 is 0 Å². The Bertz CT molecular complexity index is 393. The molecule has 0 aromatic heterocycles. The molecule has 0 amide bonds. The zero-order valence-corrected chi connectivity index (χ0v) is 12.5. The minimum atomic E-state index is -0.137. The summed E-state index contributed by atoms with van der Waals surface area (Å²) in [6.45, 7) is 6.94. The number of hydrogen-bond acceptors (Lipinski definition) is 3. The highest BCUT2D eigenvalue weighted by Crippen LogP contribution is 2.23. The Hall–Kier alpha value is -1.51. The third-order valence-corrected chi connectivity index (χ3v) is 3.55. The first-order valence-corrected chi connectivity index (χ1v) is 7.10. The van der Waals surface area contributed by atoms with Gasteiger partial charge in [0, 0.05) is 12.2 Å². The van der Waals surface area contributed by atoms with Gasteiger partial charge in [0.2, 0.25) is 0 Å². The van der Waals surface area contributed by atoms with Crippen molar-refractivity contribution in [3.8, 4) is 0 Å². The summed E-state index contributed by atoms with van der Waals surface area (Å²) in [4.78, 5) is 11.6. The molecule has 1 unspecified atom stereocenters. The Labute approximate surface area is 116 Å². The molecular weight excluding hydrogens is 238 g/mol. The quantitative estimate of drug-likeness (QED) is 0.766. The molecule has 0 aliphatic heterocycles. The fourth-order valence-electron chi connectivity index (χ4n) is 2.26. The van der Waals surface area contributed by atoms with Gasteiger partial charge in [-0.15, -0.1) is 0 Å². The summed E-state index contributed by atoms with van der Waals surface area (Å²) < 4.78 is 4.83. The average molecular weight is 263 g/mol. The number of esters is 1. The molecule has 1 atom stereocenters. The highest BCUT2D eigenvalue weighted by Gasteiger charge is 2.17. The molecule has 1 aromatic rings. The van der Waals surface area contributed by atoms with Gasteiger partial charge in [-0.25, -0.2) is 0 Å². The summed E-state index contributed by atoms with van der Waals surface area (Å²) in [6.07, 6.45) is 2.77. The number of nitrogens with one attached hydrogen (secondary N) is 1. The summed E-state index contributed by atoms with van der Waals surface area (Å²) >= 11 is 0. The van der Waals surface area contributed by atoms with Crippen molar-refractivity contribution in [3.63, 3.8) is 0 Å². The number of hydrogen-bond donors (Lipinski definition) is 1. The Balaban J connectivity index is 2.83. The van der Waals surface area contributed by atoms with Gasteiger partial charge in [0.1, 0.15) is 0 Å². The van der Waals surface area contributed by atoms with Crippen molar-refractivity contribution in [1.82, 2.24) is 0 Å². The number of carbonyl (C=O) groups excluding carboxylic acids is 1. The molecule has 3 nitrogen and oxygen atoms in total.